The zero-order valence-electron chi connectivity index (χ0n) is 8.29. The van der Waals surface area contributed by atoms with E-state index in [-0.39, 0.29) is 0 Å². The van der Waals surface area contributed by atoms with E-state index < -0.39 is 0 Å². The minimum absolute atomic E-state index is 0.705. The molecule has 1 heterocycles. The Morgan fingerprint density at radius 2 is 2.29 bits per heavy atom. The molecular formula is C11H14N2S. The molecule has 0 amide bonds. The smallest absolute Gasteiger partial charge is 0.0935 e. The van der Waals surface area contributed by atoms with Crippen LogP contribution in [0.25, 0.3) is 10.2 Å². The van der Waals surface area contributed by atoms with E-state index in [1.54, 1.807) is 11.3 Å². The number of nitrogens with two attached hydrogens (primary N) is 1. The third-order valence-corrected chi connectivity index (χ3v) is 3.41. The number of hydrogen-bond acceptors (Lipinski definition) is 3. The first-order chi connectivity index (χ1) is 6.83. The van der Waals surface area contributed by atoms with Crippen LogP contribution in [-0.2, 0) is 12.8 Å². The van der Waals surface area contributed by atoms with Gasteiger partial charge in [-0.1, -0.05) is 13.0 Å². The van der Waals surface area contributed by atoms with E-state index in [1.165, 1.54) is 15.3 Å². The topological polar surface area (TPSA) is 38.9 Å². The maximum Gasteiger partial charge on any atom is 0.0935 e. The van der Waals surface area contributed by atoms with E-state index in [2.05, 4.69) is 30.1 Å². The fraction of sp³-hybridized carbons (Fsp3) is 0.364. The van der Waals surface area contributed by atoms with Crippen molar-refractivity contribution in [1.82, 2.24) is 4.98 Å². The first kappa shape index (κ1) is 9.62. The number of benzene rings is 1. The average molecular weight is 206 g/mol. The first-order valence-corrected chi connectivity index (χ1v) is 5.73. The molecule has 0 saturated carbocycles. The Bertz CT molecular complexity index is 434. The third kappa shape index (κ3) is 1.79. The SMILES string of the molecule is CCc1nc2cc(CCN)ccc2s1. The summed E-state index contributed by atoms with van der Waals surface area (Å²) >= 11 is 1.78. The number of fused-ring (bicyclic) bond motifs is 1. The lowest BCUT2D eigenvalue weighted by Gasteiger charge is -1.96. The summed E-state index contributed by atoms with van der Waals surface area (Å²) < 4.78 is 1.28. The Morgan fingerprint density at radius 3 is 3.00 bits per heavy atom. The third-order valence-electron chi connectivity index (χ3n) is 2.23. The summed E-state index contributed by atoms with van der Waals surface area (Å²) in [5, 5.41) is 1.21. The molecule has 2 N–H and O–H groups in total. The van der Waals surface area contributed by atoms with Crippen LogP contribution < -0.4 is 5.73 Å². The molecule has 0 aliphatic heterocycles. The highest BCUT2D eigenvalue weighted by atomic mass is 32.1. The number of aryl methyl sites for hydroxylation is 1. The normalized spacial score (nSPS) is 11.0. The zero-order valence-corrected chi connectivity index (χ0v) is 9.10. The lowest BCUT2D eigenvalue weighted by molar-refractivity contribution is 0.970. The molecule has 0 spiro atoms. The Balaban J connectivity index is 2.43. The molecule has 1 aromatic heterocycles. The van der Waals surface area contributed by atoms with Gasteiger partial charge in [-0.05, 0) is 37.1 Å². The molecule has 0 saturated heterocycles. The fourth-order valence-corrected chi connectivity index (χ4v) is 2.38. The van der Waals surface area contributed by atoms with Crippen molar-refractivity contribution in [2.45, 2.75) is 19.8 Å². The quantitative estimate of drug-likeness (QED) is 0.837. The molecule has 74 valence electrons. The van der Waals surface area contributed by atoms with Crippen LogP contribution in [0.4, 0.5) is 0 Å². The van der Waals surface area contributed by atoms with E-state index in [4.69, 9.17) is 5.73 Å². The van der Waals surface area contributed by atoms with Gasteiger partial charge in [0, 0.05) is 0 Å². The van der Waals surface area contributed by atoms with Crippen LogP contribution in [0.5, 0.6) is 0 Å². The second-order valence-electron chi connectivity index (χ2n) is 3.30. The molecule has 2 nitrogen and oxygen atoms in total. The van der Waals surface area contributed by atoms with Gasteiger partial charge in [-0.2, -0.15) is 0 Å². The van der Waals surface area contributed by atoms with Crippen molar-refractivity contribution >= 4 is 21.6 Å². The van der Waals surface area contributed by atoms with Crippen molar-refractivity contribution < 1.29 is 0 Å². The van der Waals surface area contributed by atoms with Gasteiger partial charge in [0.05, 0.1) is 15.2 Å². The fourth-order valence-electron chi connectivity index (χ4n) is 1.49. The van der Waals surface area contributed by atoms with Crippen molar-refractivity contribution in [1.29, 1.82) is 0 Å². The number of rotatable bonds is 3. The Hall–Kier alpha value is -0.930. The molecule has 0 bridgehead atoms. The van der Waals surface area contributed by atoms with Crippen LogP contribution in [0.1, 0.15) is 17.5 Å². The maximum atomic E-state index is 5.52. The van der Waals surface area contributed by atoms with Gasteiger partial charge in [0.2, 0.25) is 0 Å². The van der Waals surface area contributed by atoms with Gasteiger partial charge in [0.15, 0.2) is 0 Å². The van der Waals surface area contributed by atoms with Crippen LogP contribution in [0.3, 0.4) is 0 Å². The largest absolute Gasteiger partial charge is 0.330 e. The van der Waals surface area contributed by atoms with E-state index in [0.29, 0.717) is 6.54 Å². The van der Waals surface area contributed by atoms with Gasteiger partial charge < -0.3 is 5.73 Å². The van der Waals surface area contributed by atoms with Gasteiger partial charge in [0.1, 0.15) is 0 Å². The zero-order chi connectivity index (χ0) is 9.97. The number of thiazole rings is 1. The second-order valence-corrected chi connectivity index (χ2v) is 4.42. The van der Waals surface area contributed by atoms with E-state index >= 15 is 0 Å². The summed E-state index contributed by atoms with van der Waals surface area (Å²) in [7, 11) is 0. The minimum Gasteiger partial charge on any atom is -0.330 e. The molecule has 0 atom stereocenters. The summed E-state index contributed by atoms with van der Waals surface area (Å²) in [5.41, 5.74) is 7.93. The second kappa shape index (κ2) is 4.07. The average Bonchev–Trinajstić information content (AvgIpc) is 2.60. The highest BCUT2D eigenvalue weighted by Gasteiger charge is 2.02. The molecule has 3 heteroatoms. The van der Waals surface area contributed by atoms with Gasteiger partial charge in [-0.3, -0.25) is 0 Å². The van der Waals surface area contributed by atoms with Crippen LogP contribution >= 0.6 is 11.3 Å². The van der Waals surface area contributed by atoms with Crippen LogP contribution in [-0.4, -0.2) is 11.5 Å². The summed E-state index contributed by atoms with van der Waals surface area (Å²) in [6, 6.07) is 6.45. The summed E-state index contributed by atoms with van der Waals surface area (Å²) in [6.07, 6.45) is 1.96. The molecule has 2 aromatic rings. The highest BCUT2D eigenvalue weighted by Crippen LogP contribution is 2.23. The molecule has 0 fully saturated rings. The minimum atomic E-state index is 0.705. The molecule has 0 aliphatic carbocycles. The number of aromatic nitrogens is 1. The van der Waals surface area contributed by atoms with Gasteiger partial charge >= 0.3 is 0 Å². The van der Waals surface area contributed by atoms with E-state index in [1.807, 2.05) is 0 Å². The Kier molecular flexibility index (Phi) is 2.79. The van der Waals surface area contributed by atoms with Crippen molar-refractivity contribution in [2.75, 3.05) is 6.54 Å². The maximum absolute atomic E-state index is 5.52. The number of nitrogens with zero attached hydrogens (tertiary/aromatic N) is 1. The predicted molar refractivity (Wildman–Crippen MR) is 61.8 cm³/mol. The Labute approximate surface area is 87.8 Å². The first-order valence-electron chi connectivity index (χ1n) is 4.92. The van der Waals surface area contributed by atoms with Gasteiger partial charge in [0.25, 0.3) is 0 Å². The monoisotopic (exact) mass is 206 g/mol. The van der Waals surface area contributed by atoms with Crippen LogP contribution in [0.15, 0.2) is 18.2 Å². The Morgan fingerprint density at radius 1 is 1.43 bits per heavy atom. The summed E-state index contributed by atoms with van der Waals surface area (Å²) in [5.74, 6) is 0. The highest BCUT2D eigenvalue weighted by molar-refractivity contribution is 7.18. The lowest BCUT2D eigenvalue weighted by atomic mass is 10.1. The van der Waals surface area contributed by atoms with Crippen molar-refractivity contribution in [3.63, 3.8) is 0 Å². The van der Waals surface area contributed by atoms with Gasteiger partial charge in [-0.25, -0.2) is 4.98 Å². The summed E-state index contributed by atoms with van der Waals surface area (Å²) in [4.78, 5) is 4.55. The van der Waals surface area contributed by atoms with Gasteiger partial charge in [-0.15, -0.1) is 11.3 Å². The van der Waals surface area contributed by atoms with Crippen LogP contribution in [0.2, 0.25) is 0 Å². The molecule has 0 unspecified atom stereocenters. The summed E-state index contributed by atoms with van der Waals surface area (Å²) in [6.45, 7) is 2.84. The standard InChI is InChI=1S/C11H14N2S/c1-2-11-13-9-7-8(5-6-12)3-4-10(9)14-11/h3-4,7H,2,5-6,12H2,1H3. The molecule has 2 rings (SSSR count). The van der Waals surface area contributed by atoms with E-state index in [9.17, 15) is 0 Å². The van der Waals surface area contributed by atoms with Crippen molar-refractivity contribution in [2.24, 2.45) is 5.73 Å². The van der Waals surface area contributed by atoms with Crippen molar-refractivity contribution in [3.05, 3.63) is 28.8 Å². The number of hydrogen-bond donors (Lipinski definition) is 1. The van der Waals surface area contributed by atoms with Crippen molar-refractivity contribution in [3.8, 4) is 0 Å². The molecule has 0 radical (unpaired) electrons. The molecule has 1 aromatic carbocycles. The lowest BCUT2D eigenvalue weighted by Crippen LogP contribution is -2.02. The van der Waals surface area contributed by atoms with E-state index in [0.717, 1.165) is 18.4 Å². The predicted octanol–water partition coefficient (Wildman–Crippen LogP) is 2.36. The van der Waals surface area contributed by atoms with Crippen LogP contribution in [0, 0.1) is 0 Å². The molecular weight excluding hydrogens is 192 g/mol. The molecule has 14 heavy (non-hydrogen) atoms. The molecule has 0 aliphatic rings.